The molecule has 0 spiro atoms. The Balaban J connectivity index is 2.53. The van der Waals surface area contributed by atoms with Gasteiger partial charge in [-0.05, 0) is 24.5 Å². The molecule has 5 N–H and O–H groups in total. The first-order valence-electron chi connectivity index (χ1n) is 10.8. The Morgan fingerprint density at radius 1 is 1.10 bits per heavy atom. The summed E-state index contributed by atoms with van der Waals surface area (Å²) in [5.74, 6) is -0.232. The van der Waals surface area contributed by atoms with Gasteiger partial charge in [-0.2, -0.15) is 12.6 Å². The van der Waals surface area contributed by atoms with E-state index in [1.165, 1.54) is 0 Å². The number of ether oxygens (including phenoxy) is 1. The average Bonchev–Trinajstić information content (AvgIpc) is 2.72. The molecule has 0 bridgehead atoms. The molecule has 1 aromatic rings. The standard InChI is InChI=1S/C23H40N4O3S/c1-5-10-27(21(29)11-18-6-8-19(12-24)9-7-18)13-20(28)26-15-22(2,3)16-30-17-23(4,31)14-25/h6-9,31H,5,10-17,24-25H2,1-4H3,(H,26,28). The topological polar surface area (TPSA) is 111 Å². The molecule has 0 fully saturated rings. The molecule has 0 heterocycles. The Hall–Kier alpha value is -1.61. The van der Waals surface area contributed by atoms with Gasteiger partial charge in [-0.15, -0.1) is 0 Å². The zero-order valence-electron chi connectivity index (χ0n) is 19.4. The summed E-state index contributed by atoms with van der Waals surface area (Å²) >= 11 is 4.46. The predicted octanol–water partition coefficient (Wildman–Crippen LogP) is 1.73. The number of rotatable bonds is 14. The number of nitrogens with two attached hydrogens (primary N) is 2. The lowest BCUT2D eigenvalue weighted by Gasteiger charge is -2.28. The SMILES string of the molecule is CCCN(CC(=O)NCC(C)(C)COCC(C)(S)CN)C(=O)Cc1ccc(CN)cc1. The summed E-state index contributed by atoms with van der Waals surface area (Å²) in [5.41, 5.74) is 13.0. The van der Waals surface area contributed by atoms with E-state index in [9.17, 15) is 9.59 Å². The first-order chi connectivity index (χ1) is 14.5. The highest BCUT2D eigenvalue weighted by Crippen LogP contribution is 2.17. The fourth-order valence-corrected chi connectivity index (χ4v) is 2.96. The molecular formula is C23H40N4O3S. The van der Waals surface area contributed by atoms with Gasteiger partial charge in [0.05, 0.1) is 26.2 Å². The number of hydrogen-bond acceptors (Lipinski definition) is 6. The van der Waals surface area contributed by atoms with E-state index >= 15 is 0 Å². The predicted molar refractivity (Wildman–Crippen MR) is 129 cm³/mol. The second kappa shape index (κ2) is 13.1. The lowest BCUT2D eigenvalue weighted by Crippen LogP contribution is -2.45. The van der Waals surface area contributed by atoms with Gasteiger partial charge in [-0.3, -0.25) is 9.59 Å². The fraction of sp³-hybridized carbons (Fsp3) is 0.652. The summed E-state index contributed by atoms with van der Waals surface area (Å²) in [6.07, 6.45) is 1.05. The minimum absolute atomic E-state index is 0.0480. The summed E-state index contributed by atoms with van der Waals surface area (Å²) in [6, 6.07) is 7.67. The van der Waals surface area contributed by atoms with Gasteiger partial charge in [0.2, 0.25) is 11.8 Å². The number of thiol groups is 1. The van der Waals surface area contributed by atoms with Crippen molar-refractivity contribution in [3.8, 4) is 0 Å². The largest absolute Gasteiger partial charge is 0.379 e. The summed E-state index contributed by atoms with van der Waals surface area (Å²) in [7, 11) is 0. The molecule has 0 aliphatic rings. The Morgan fingerprint density at radius 3 is 2.26 bits per heavy atom. The van der Waals surface area contributed by atoms with Crippen molar-refractivity contribution >= 4 is 24.4 Å². The van der Waals surface area contributed by atoms with Crippen molar-refractivity contribution in [2.24, 2.45) is 16.9 Å². The summed E-state index contributed by atoms with van der Waals surface area (Å²) in [5, 5.41) is 2.94. The van der Waals surface area contributed by atoms with Crippen molar-refractivity contribution in [1.82, 2.24) is 10.2 Å². The molecule has 0 aliphatic carbocycles. The quantitative estimate of drug-likeness (QED) is 0.321. The first kappa shape index (κ1) is 27.4. The van der Waals surface area contributed by atoms with Crippen LogP contribution in [0.1, 0.15) is 45.2 Å². The summed E-state index contributed by atoms with van der Waals surface area (Å²) in [4.78, 5) is 26.9. The number of amides is 2. The number of nitrogens with one attached hydrogen (secondary N) is 1. The lowest BCUT2D eigenvalue weighted by molar-refractivity contribution is -0.135. The van der Waals surface area contributed by atoms with Gasteiger partial charge >= 0.3 is 0 Å². The van der Waals surface area contributed by atoms with Gasteiger partial charge in [0.25, 0.3) is 0 Å². The maximum atomic E-state index is 12.7. The van der Waals surface area contributed by atoms with Crippen LogP contribution in [0.4, 0.5) is 0 Å². The van der Waals surface area contributed by atoms with Crippen molar-refractivity contribution in [3.63, 3.8) is 0 Å². The minimum Gasteiger partial charge on any atom is -0.379 e. The van der Waals surface area contributed by atoms with E-state index in [0.29, 0.717) is 39.4 Å². The number of nitrogens with zero attached hydrogens (tertiary/aromatic N) is 1. The van der Waals surface area contributed by atoms with Gasteiger partial charge in [-0.25, -0.2) is 0 Å². The van der Waals surface area contributed by atoms with E-state index in [1.807, 2.05) is 52.0 Å². The van der Waals surface area contributed by atoms with Crippen LogP contribution in [0.3, 0.4) is 0 Å². The van der Waals surface area contributed by atoms with Crippen molar-refractivity contribution in [2.75, 3.05) is 39.4 Å². The normalized spacial score (nSPS) is 13.5. The molecule has 1 aromatic carbocycles. The Kier molecular flexibility index (Phi) is 11.5. The molecule has 176 valence electrons. The highest BCUT2D eigenvalue weighted by atomic mass is 32.1. The van der Waals surface area contributed by atoms with E-state index in [4.69, 9.17) is 16.2 Å². The minimum atomic E-state index is -0.370. The van der Waals surface area contributed by atoms with Crippen LogP contribution in [0.2, 0.25) is 0 Å². The third-order valence-corrected chi connectivity index (χ3v) is 5.22. The molecule has 0 aromatic heterocycles. The lowest BCUT2D eigenvalue weighted by atomic mass is 9.95. The van der Waals surface area contributed by atoms with Crippen molar-refractivity contribution < 1.29 is 14.3 Å². The van der Waals surface area contributed by atoms with Crippen molar-refractivity contribution in [3.05, 3.63) is 35.4 Å². The maximum Gasteiger partial charge on any atom is 0.239 e. The third-order valence-electron chi connectivity index (χ3n) is 4.90. The molecule has 8 heteroatoms. The van der Waals surface area contributed by atoms with Crippen LogP contribution >= 0.6 is 12.6 Å². The van der Waals surface area contributed by atoms with E-state index in [1.54, 1.807) is 4.90 Å². The summed E-state index contributed by atoms with van der Waals surface area (Å²) < 4.78 is 5.38. The summed E-state index contributed by atoms with van der Waals surface area (Å²) in [6.45, 7) is 10.8. The first-order valence-corrected chi connectivity index (χ1v) is 11.3. The molecule has 0 aliphatic heterocycles. The van der Waals surface area contributed by atoms with E-state index in [2.05, 4.69) is 17.9 Å². The van der Waals surface area contributed by atoms with Crippen LogP contribution in [-0.2, 0) is 27.3 Å². The molecule has 1 atom stereocenters. The number of benzene rings is 1. The van der Waals surface area contributed by atoms with E-state index in [0.717, 1.165) is 17.5 Å². The van der Waals surface area contributed by atoms with Gasteiger partial charge in [0.1, 0.15) is 0 Å². The van der Waals surface area contributed by atoms with Crippen molar-refractivity contribution in [1.29, 1.82) is 0 Å². The number of carbonyl (C=O) groups is 2. The second-order valence-corrected chi connectivity index (χ2v) is 10.2. The van der Waals surface area contributed by atoms with Gasteiger partial charge in [0, 0.05) is 36.3 Å². The van der Waals surface area contributed by atoms with Crippen LogP contribution in [0.25, 0.3) is 0 Å². The average molecular weight is 453 g/mol. The Morgan fingerprint density at radius 2 is 1.71 bits per heavy atom. The molecule has 0 saturated heterocycles. The highest BCUT2D eigenvalue weighted by molar-refractivity contribution is 7.81. The maximum absolute atomic E-state index is 12.7. The fourth-order valence-electron chi connectivity index (χ4n) is 2.87. The smallest absolute Gasteiger partial charge is 0.239 e. The molecule has 0 radical (unpaired) electrons. The van der Waals surface area contributed by atoms with E-state index in [-0.39, 0.29) is 34.9 Å². The number of hydrogen-bond donors (Lipinski definition) is 4. The van der Waals surface area contributed by atoms with Crippen LogP contribution in [0, 0.1) is 5.41 Å². The van der Waals surface area contributed by atoms with Crippen LogP contribution in [0.15, 0.2) is 24.3 Å². The van der Waals surface area contributed by atoms with Gasteiger partial charge in [0.15, 0.2) is 0 Å². The molecule has 31 heavy (non-hydrogen) atoms. The van der Waals surface area contributed by atoms with Crippen LogP contribution in [0.5, 0.6) is 0 Å². The Bertz CT molecular complexity index is 693. The van der Waals surface area contributed by atoms with Crippen LogP contribution < -0.4 is 16.8 Å². The molecule has 0 saturated carbocycles. The molecule has 7 nitrogen and oxygen atoms in total. The Labute approximate surface area is 192 Å². The third kappa shape index (κ3) is 11.0. The molecule has 1 rings (SSSR count). The molecule has 1 unspecified atom stereocenters. The highest BCUT2D eigenvalue weighted by Gasteiger charge is 2.24. The van der Waals surface area contributed by atoms with Gasteiger partial charge in [-0.1, -0.05) is 45.0 Å². The van der Waals surface area contributed by atoms with Gasteiger partial charge < -0.3 is 26.4 Å². The molecular weight excluding hydrogens is 412 g/mol. The van der Waals surface area contributed by atoms with Crippen LogP contribution in [-0.4, -0.2) is 60.9 Å². The zero-order valence-corrected chi connectivity index (χ0v) is 20.3. The monoisotopic (exact) mass is 452 g/mol. The van der Waals surface area contributed by atoms with E-state index < -0.39 is 0 Å². The van der Waals surface area contributed by atoms with Crippen molar-refractivity contribution in [2.45, 2.75) is 51.8 Å². The zero-order chi connectivity index (χ0) is 23.5. The second-order valence-electron chi connectivity index (χ2n) is 9.15. The number of carbonyl (C=O) groups excluding carboxylic acids is 2. The molecule has 2 amide bonds.